The van der Waals surface area contributed by atoms with Crippen molar-refractivity contribution in [2.45, 2.75) is 51.1 Å². The summed E-state index contributed by atoms with van der Waals surface area (Å²) in [4.78, 5) is 0. The van der Waals surface area contributed by atoms with Crippen molar-refractivity contribution >= 4 is 0 Å². The number of phenolic OH excluding ortho intramolecular Hbond substituents is 1. The predicted molar refractivity (Wildman–Crippen MR) is 79.0 cm³/mol. The van der Waals surface area contributed by atoms with E-state index in [0.29, 0.717) is 18.9 Å². The zero-order valence-corrected chi connectivity index (χ0v) is 12.2. The van der Waals surface area contributed by atoms with Gasteiger partial charge in [-0.15, -0.1) is 0 Å². The average molecular weight is 279 g/mol. The van der Waals surface area contributed by atoms with Crippen molar-refractivity contribution in [3.05, 3.63) is 23.8 Å². The number of hydrogen-bond donors (Lipinski definition) is 3. The minimum atomic E-state index is -0.137. The van der Waals surface area contributed by atoms with Gasteiger partial charge in [-0.25, -0.2) is 0 Å². The Hall–Kier alpha value is -1.26. The number of nitrogens with one attached hydrogen (secondary N) is 1. The molecule has 0 radical (unpaired) electrons. The molecule has 3 N–H and O–H groups in total. The monoisotopic (exact) mass is 279 g/mol. The Kier molecular flexibility index (Phi) is 5.26. The molecule has 0 spiro atoms. The van der Waals surface area contributed by atoms with Crippen LogP contribution in [-0.2, 0) is 6.54 Å². The van der Waals surface area contributed by atoms with Crippen molar-refractivity contribution in [3.8, 4) is 11.5 Å². The Morgan fingerprint density at radius 3 is 2.65 bits per heavy atom. The summed E-state index contributed by atoms with van der Waals surface area (Å²) < 4.78 is 5.39. The van der Waals surface area contributed by atoms with Crippen LogP contribution in [0.4, 0.5) is 0 Å². The molecule has 4 heteroatoms. The average Bonchev–Trinajstić information content (AvgIpc) is 2.49. The highest BCUT2D eigenvalue weighted by molar-refractivity contribution is 5.41. The number of benzene rings is 1. The molecule has 0 unspecified atom stereocenters. The van der Waals surface area contributed by atoms with Crippen LogP contribution in [-0.4, -0.2) is 29.0 Å². The van der Waals surface area contributed by atoms with E-state index in [-0.39, 0.29) is 17.9 Å². The molecule has 0 aromatic heterocycles. The van der Waals surface area contributed by atoms with E-state index in [1.54, 1.807) is 6.07 Å². The molecule has 0 amide bonds. The molecule has 0 atom stereocenters. The molecule has 1 fully saturated rings. The molecule has 4 nitrogen and oxygen atoms in total. The van der Waals surface area contributed by atoms with Crippen LogP contribution in [0.15, 0.2) is 18.2 Å². The largest absolute Gasteiger partial charge is 0.504 e. The van der Waals surface area contributed by atoms with Gasteiger partial charge in [-0.1, -0.05) is 25.3 Å². The number of aromatic hydroxyl groups is 1. The Labute approximate surface area is 120 Å². The molecule has 0 saturated heterocycles. The zero-order valence-electron chi connectivity index (χ0n) is 12.2. The molecule has 1 aromatic rings. The standard InChI is InChI=1S/C16H25NO3/c1-2-20-15-10-13(6-7-14(15)19)11-17-16(12-18)8-4-3-5-9-16/h6-7,10,17-19H,2-5,8-9,11-12H2,1H3. The fourth-order valence-electron chi connectivity index (χ4n) is 2.85. The first-order valence-electron chi connectivity index (χ1n) is 7.50. The Morgan fingerprint density at radius 2 is 2.00 bits per heavy atom. The van der Waals surface area contributed by atoms with Crippen molar-refractivity contribution in [2.75, 3.05) is 13.2 Å². The second-order valence-corrected chi connectivity index (χ2v) is 5.59. The molecule has 20 heavy (non-hydrogen) atoms. The van der Waals surface area contributed by atoms with Crippen molar-refractivity contribution in [1.82, 2.24) is 5.32 Å². The van der Waals surface area contributed by atoms with Crippen LogP contribution in [0, 0.1) is 0 Å². The van der Waals surface area contributed by atoms with Gasteiger partial charge >= 0.3 is 0 Å². The number of aliphatic hydroxyl groups is 1. The van der Waals surface area contributed by atoms with Gasteiger partial charge in [0.05, 0.1) is 13.2 Å². The molecule has 1 aliphatic carbocycles. The van der Waals surface area contributed by atoms with Crippen LogP contribution in [0.3, 0.4) is 0 Å². The van der Waals surface area contributed by atoms with E-state index in [4.69, 9.17) is 4.74 Å². The number of phenols is 1. The molecule has 0 bridgehead atoms. The van der Waals surface area contributed by atoms with Gasteiger partial charge in [0.1, 0.15) is 0 Å². The second-order valence-electron chi connectivity index (χ2n) is 5.59. The number of ether oxygens (including phenoxy) is 1. The SMILES string of the molecule is CCOc1cc(CNC2(CO)CCCCC2)ccc1O. The summed E-state index contributed by atoms with van der Waals surface area (Å²) >= 11 is 0. The van der Waals surface area contributed by atoms with E-state index < -0.39 is 0 Å². The normalized spacial score (nSPS) is 17.9. The van der Waals surface area contributed by atoms with E-state index in [2.05, 4.69) is 5.32 Å². The second kappa shape index (κ2) is 6.95. The predicted octanol–water partition coefficient (Wildman–Crippen LogP) is 2.58. The van der Waals surface area contributed by atoms with Gasteiger partial charge in [0, 0.05) is 12.1 Å². The van der Waals surface area contributed by atoms with Gasteiger partial charge in [0.2, 0.25) is 0 Å². The first-order chi connectivity index (χ1) is 9.69. The van der Waals surface area contributed by atoms with E-state index in [9.17, 15) is 10.2 Å². The van der Waals surface area contributed by atoms with Crippen molar-refractivity contribution in [1.29, 1.82) is 0 Å². The minimum Gasteiger partial charge on any atom is -0.504 e. The first-order valence-corrected chi connectivity index (χ1v) is 7.50. The highest BCUT2D eigenvalue weighted by Crippen LogP contribution is 2.30. The third-order valence-corrected chi connectivity index (χ3v) is 4.10. The van der Waals surface area contributed by atoms with Gasteiger partial charge in [0.25, 0.3) is 0 Å². The van der Waals surface area contributed by atoms with E-state index >= 15 is 0 Å². The van der Waals surface area contributed by atoms with Crippen molar-refractivity contribution < 1.29 is 14.9 Å². The van der Waals surface area contributed by atoms with E-state index in [1.165, 1.54) is 19.3 Å². The first kappa shape index (κ1) is 15.1. The zero-order chi connectivity index (χ0) is 14.4. The molecule has 1 aromatic carbocycles. The van der Waals surface area contributed by atoms with Gasteiger partial charge < -0.3 is 20.3 Å². The third-order valence-electron chi connectivity index (χ3n) is 4.10. The van der Waals surface area contributed by atoms with E-state index in [0.717, 1.165) is 18.4 Å². The highest BCUT2D eigenvalue weighted by atomic mass is 16.5. The van der Waals surface area contributed by atoms with Gasteiger partial charge in [0.15, 0.2) is 11.5 Å². The van der Waals surface area contributed by atoms with Crippen molar-refractivity contribution in [3.63, 3.8) is 0 Å². The molecule has 2 rings (SSSR count). The molecule has 0 heterocycles. The summed E-state index contributed by atoms with van der Waals surface area (Å²) in [6, 6.07) is 5.41. The lowest BCUT2D eigenvalue weighted by molar-refractivity contribution is 0.119. The van der Waals surface area contributed by atoms with Crippen LogP contribution in [0.25, 0.3) is 0 Å². The van der Waals surface area contributed by atoms with Crippen molar-refractivity contribution in [2.24, 2.45) is 0 Å². The lowest BCUT2D eigenvalue weighted by atomic mass is 9.82. The molecule has 1 saturated carbocycles. The fourth-order valence-corrected chi connectivity index (χ4v) is 2.85. The van der Waals surface area contributed by atoms with Crippen LogP contribution in [0.1, 0.15) is 44.6 Å². The minimum absolute atomic E-state index is 0.137. The lowest BCUT2D eigenvalue weighted by Crippen LogP contribution is -2.49. The maximum Gasteiger partial charge on any atom is 0.161 e. The quantitative estimate of drug-likeness (QED) is 0.749. The molecular weight excluding hydrogens is 254 g/mol. The van der Waals surface area contributed by atoms with Gasteiger partial charge in [-0.3, -0.25) is 0 Å². The maximum absolute atomic E-state index is 9.69. The van der Waals surface area contributed by atoms with Gasteiger partial charge in [-0.05, 0) is 37.5 Å². The topological polar surface area (TPSA) is 61.7 Å². The number of rotatable bonds is 6. The molecular formula is C16H25NO3. The van der Waals surface area contributed by atoms with Crippen LogP contribution < -0.4 is 10.1 Å². The molecule has 0 aliphatic heterocycles. The summed E-state index contributed by atoms with van der Waals surface area (Å²) in [5, 5.41) is 22.9. The smallest absolute Gasteiger partial charge is 0.161 e. The Balaban J connectivity index is 2.00. The fraction of sp³-hybridized carbons (Fsp3) is 0.625. The van der Waals surface area contributed by atoms with Crippen LogP contribution >= 0.6 is 0 Å². The highest BCUT2D eigenvalue weighted by Gasteiger charge is 2.30. The Morgan fingerprint density at radius 1 is 1.25 bits per heavy atom. The maximum atomic E-state index is 9.69. The number of aliphatic hydroxyl groups excluding tert-OH is 1. The summed E-state index contributed by atoms with van der Waals surface area (Å²) in [7, 11) is 0. The molecule has 1 aliphatic rings. The van der Waals surface area contributed by atoms with Gasteiger partial charge in [-0.2, -0.15) is 0 Å². The third kappa shape index (κ3) is 3.64. The van der Waals surface area contributed by atoms with E-state index in [1.807, 2.05) is 19.1 Å². The summed E-state index contributed by atoms with van der Waals surface area (Å²) in [6.07, 6.45) is 5.66. The molecule has 112 valence electrons. The van der Waals surface area contributed by atoms with Crippen LogP contribution in [0.2, 0.25) is 0 Å². The number of hydrogen-bond acceptors (Lipinski definition) is 4. The summed E-state index contributed by atoms with van der Waals surface area (Å²) in [6.45, 7) is 3.29. The lowest BCUT2D eigenvalue weighted by Gasteiger charge is -2.36. The Bertz CT molecular complexity index is 428. The van der Waals surface area contributed by atoms with Crippen LogP contribution in [0.5, 0.6) is 11.5 Å². The summed E-state index contributed by atoms with van der Waals surface area (Å²) in [5.41, 5.74) is 0.923. The summed E-state index contributed by atoms with van der Waals surface area (Å²) in [5.74, 6) is 0.693.